The number of furan rings is 1. The van der Waals surface area contributed by atoms with Crippen molar-refractivity contribution in [1.29, 1.82) is 0 Å². The van der Waals surface area contributed by atoms with Crippen molar-refractivity contribution in [2.45, 2.75) is 41.0 Å². The molecule has 0 saturated carbocycles. The van der Waals surface area contributed by atoms with E-state index in [1.54, 1.807) is 26.8 Å². The van der Waals surface area contributed by atoms with Gasteiger partial charge in [0.15, 0.2) is 0 Å². The van der Waals surface area contributed by atoms with E-state index in [1.165, 1.54) is 11.3 Å². The molecule has 1 N–H and O–H groups in total. The van der Waals surface area contributed by atoms with Crippen molar-refractivity contribution in [3.63, 3.8) is 0 Å². The number of rotatable bonds is 5. The molecule has 124 valence electrons. The lowest BCUT2D eigenvalue weighted by Crippen LogP contribution is -2.15. The van der Waals surface area contributed by atoms with Crippen molar-refractivity contribution in [3.05, 3.63) is 39.2 Å². The summed E-state index contributed by atoms with van der Waals surface area (Å²) in [5, 5.41) is 3.36. The molecule has 0 aliphatic heterocycles. The molecule has 0 aromatic carbocycles. The van der Waals surface area contributed by atoms with Crippen LogP contribution in [0.1, 0.15) is 56.5 Å². The maximum atomic E-state index is 12.5. The fraction of sp³-hybridized carbons (Fsp3) is 0.412. The fourth-order valence-electron chi connectivity index (χ4n) is 2.54. The van der Waals surface area contributed by atoms with Crippen LogP contribution in [-0.2, 0) is 11.2 Å². The van der Waals surface area contributed by atoms with Gasteiger partial charge in [-0.2, -0.15) is 0 Å². The summed E-state index contributed by atoms with van der Waals surface area (Å²) in [6.45, 7) is 9.51. The van der Waals surface area contributed by atoms with Gasteiger partial charge in [0, 0.05) is 4.88 Å². The molecule has 0 aliphatic rings. The summed E-state index contributed by atoms with van der Waals surface area (Å²) in [6.07, 6.45) is 0.705. The van der Waals surface area contributed by atoms with Crippen molar-refractivity contribution in [3.8, 4) is 0 Å². The number of amides is 1. The van der Waals surface area contributed by atoms with Crippen molar-refractivity contribution in [2.24, 2.45) is 0 Å². The van der Waals surface area contributed by atoms with Crippen LogP contribution >= 0.6 is 11.3 Å². The maximum Gasteiger partial charge on any atom is 0.341 e. The average Bonchev–Trinajstić information content (AvgIpc) is 2.97. The zero-order chi connectivity index (χ0) is 17.1. The molecule has 0 fully saturated rings. The van der Waals surface area contributed by atoms with Crippen molar-refractivity contribution >= 4 is 28.2 Å². The predicted octanol–water partition coefficient (Wildman–Crippen LogP) is 4.26. The van der Waals surface area contributed by atoms with Crippen molar-refractivity contribution in [1.82, 2.24) is 0 Å². The van der Waals surface area contributed by atoms with E-state index in [1.807, 2.05) is 13.8 Å². The minimum atomic E-state index is -0.399. The summed E-state index contributed by atoms with van der Waals surface area (Å²) < 4.78 is 10.5. The minimum Gasteiger partial charge on any atom is -0.466 e. The molecule has 0 spiro atoms. The highest BCUT2D eigenvalue weighted by atomic mass is 32.1. The van der Waals surface area contributed by atoms with Gasteiger partial charge in [-0.1, -0.05) is 6.92 Å². The molecule has 2 aromatic rings. The van der Waals surface area contributed by atoms with Crippen LogP contribution in [0.4, 0.5) is 5.00 Å². The average molecular weight is 335 g/mol. The van der Waals surface area contributed by atoms with Gasteiger partial charge in [-0.15, -0.1) is 11.3 Å². The molecule has 2 heterocycles. The Morgan fingerprint density at radius 1 is 1.26 bits per heavy atom. The second kappa shape index (κ2) is 7.00. The first-order valence-corrected chi connectivity index (χ1v) is 8.38. The van der Waals surface area contributed by atoms with Crippen LogP contribution in [0.2, 0.25) is 0 Å². The molecule has 5 nitrogen and oxygen atoms in total. The number of aryl methyl sites for hydroxylation is 3. The van der Waals surface area contributed by atoms with E-state index >= 15 is 0 Å². The van der Waals surface area contributed by atoms with E-state index in [0.717, 1.165) is 10.4 Å². The van der Waals surface area contributed by atoms with Gasteiger partial charge in [0.2, 0.25) is 0 Å². The molecule has 2 rings (SSSR count). The Hall–Kier alpha value is -2.08. The fourth-order valence-corrected chi connectivity index (χ4v) is 3.67. The number of anilines is 1. The lowest BCUT2D eigenvalue weighted by atomic mass is 10.1. The number of nitrogens with one attached hydrogen (secondary N) is 1. The molecule has 0 radical (unpaired) electrons. The Morgan fingerprint density at radius 3 is 2.48 bits per heavy atom. The quantitative estimate of drug-likeness (QED) is 0.829. The summed E-state index contributed by atoms with van der Waals surface area (Å²) in [6, 6.07) is 1.69. The molecule has 0 aliphatic carbocycles. The third-order valence-corrected chi connectivity index (χ3v) is 4.62. The van der Waals surface area contributed by atoms with Gasteiger partial charge in [0.05, 0.1) is 17.7 Å². The van der Waals surface area contributed by atoms with E-state index in [2.05, 4.69) is 5.32 Å². The Balaban J connectivity index is 2.37. The number of ether oxygens (including phenoxy) is 1. The van der Waals surface area contributed by atoms with E-state index in [0.29, 0.717) is 40.7 Å². The number of hydrogen-bond donors (Lipinski definition) is 1. The van der Waals surface area contributed by atoms with E-state index in [-0.39, 0.29) is 5.91 Å². The summed E-state index contributed by atoms with van der Waals surface area (Å²) >= 11 is 1.39. The Kier molecular flexibility index (Phi) is 5.26. The molecule has 2 aromatic heterocycles. The zero-order valence-electron chi connectivity index (χ0n) is 14.0. The number of esters is 1. The third kappa shape index (κ3) is 3.47. The first kappa shape index (κ1) is 17.3. The number of carbonyl (C=O) groups is 2. The SMILES string of the molecule is CCOC(=O)c1c(NC(=O)c2cc(C)oc2C)sc(C)c1CC. The topological polar surface area (TPSA) is 68.5 Å². The van der Waals surface area contributed by atoms with Gasteiger partial charge < -0.3 is 14.5 Å². The van der Waals surface area contributed by atoms with Crippen LogP contribution < -0.4 is 5.32 Å². The zero-order valence-corrected chi connectivity index (χ0v) is 14.8. The molecule has 0 saturated heterocycles. The summed E-state index contributed by atoms with van der Waals surface area (Å²) in [4.78, 5) is 25.7. The predicted molar refractivity (Wildman–Crippen MR) is 90.5 cm³/mol. The summed E-state index contributed by atoms with van der Waals surface area (Å²) in [7, 11) is 0. The Labute approximate surface area is 139 Å². The lowest BCUT2D eigenvalue weighted by molar-refractivity contribution is 0.0527. The van der Waals surface area contributed by atoms with Crippen LogP contribution in [0.15, 0.2) is 10.5 Å². The molecule has 1 amide bonds. The smallest absolute Gasteiger partial charge is 0.341 e. The van der Waals surface area contributed by atoms with Gasteiger partial charge in [-0.25, -0.2) is 4.79 Å². The lowest BCUT2D eigenvalue weighted by Gasteiger charge is -2.07. The van der Waals surface area contributed by atoms with Gasteiger partial charge >= 0.3 is 5.97 Å². The van der Waals surface area contributed by atoms with Crippen molar-refractivity contribution < 1.29 is 18.7 Å². The van der Waals surface area contributed by atoms with Crippen LogP contribution in [-0.4, -0.2) is 18.5 Å². The minimum absolute atomic E-state index is 0.284. The largest absolute Gasteiger partial charge is 0.466 e. The van der Waals surface area contributed by atoms with E-state index in [9.17, 15) is 9.59 Å². The molecule has 0 bridgehead atoms. The van der Waals surface area contributed by atoms with E-state index in [4.69, 9.17) is 9.15 Å². The molecular weight excluding hydrogens is 314 g/mol. The highest BCUT2D eigenvalue weighted by molar-refractivity contribution is 7.16. The highest BCUT2D eigenvalue weighted by Crippen LogP contribution is 2.34. The summed E-state index contributed by atoms with van der Waals surface area (Å²) in [5.41, 5.74) is 1.85. The van der Waals surface area contributed by atoms with Gasteiger partial charge in [-0.05, 0) is 45.7 Å². The van der Waals surface area contributed by atoms with Gasteiger partial charge in [0.25, 0.3) is 5.91 Å². The van der Waals surface area contributed by atoms with Crippen LogP contribution in [0.25, 0.3) is 0 Å². The van der Waals surface area contributed by atoms with Crippen molar-refractivity contribution in [2.75, 3.05) is 11.9 Å². The molecule has 0 unspecified atom stereocenters. The van der Waals surface area contributed by atoms with E-state index < -0.39 is 5.97 Å². The molecular formula is C17H21NO4S. The molecule has 0 atom stereocenters. The first-order chi connectivity index (χ1) is 10.9. The monoisotopic (exact) mass is 335 g/mol. The molecule has 23 heavy (non-hydrogen) atoms. The number of thiophene rings is 1. The first-order valence-electron chi connectivity index (χ1n) is 7.56. The second-order valence-corrected chi connectivity index (χ2v) is 6.42. The van der Waals surface area contributed by atoms with Crippen LogP contribution in [0.3, 0.4) is 0 Å². The van der Waals surface area contributed by atoms with Gasteiger partial charge in [0.1, 0.15) is 16.5 Å². The Morgan fingerprint density at radius 2 is 1.96 bits per heavy atom. The second-order valence-electron chi connectivity index (χ2n) is 5.20. The Bertz CT molecular complexity index is 742. The maximum absolute atomic E-state index is 12.5. The summed E-state index contributed by atoms with van der Waals surface area (Å²) in [5.74, 6) is 0.550. The van der Waals surface area contributed by atoms with Gasteiger partial charge in [-0.3, -0.25) is 4.79 Å². The number of carbonyl (C=O) groups excluding carboxylic acids is 2. The number of hydrogen-bond acceptors (Lipinski definition) is 5. The third-order valence-electron chi connectivity index (χ3n) is 3.55. The normalized spacial score (nSPS) is 10.7. The van der Waals surface area contributed by atoms with Crippen LogP contribution in [0, 0.1) is 20.8 Å². The highest BCUT2D eigenvalue weighted by Gasteiger charge is 2.24. The van der Waals surface area contributed by atoms with Crippen LogP contribution in [0.5, 0.6) is 0 Å². The molecule has 6 heteroatoms. The standard InChI is InChI=1S/C17H21NO4S/c1-6-12-11(5)23-16(14(12)17(20)21-7-2)18-15(19)13-8-9(3)22-10(13)4/h8H,6-7H2,1-5H3,(H,18,19).